The zero-order valence-corrected chi connectivity index (χ0v) is 20.2. The van der Waals surface area contributed by atoms with Crippen LogP contribution in [0.4, 0.5) is 5.69 Å². The van der Waals surface area contributed by atoms with Crippen molar-refractivity contribution < 1.29 is 4.74 Å². The number of tetrazole rings is 1. The van der Waals surface area contributed by atoms with Crippen molar-refractivity contribution in [2.45, 2.75) is 18.9 Å². The average molecular weight is 469 g/mol. The molecule has 0 bridgehead atoms. The molecule has 2 heterocycles. The summed E-state index contributed by atoms with van der Waals surface area (Å²) >= 11 is 0. The molecule has 4 aromatic rings. The number of benzene rings is 3. The lowest BCUT2D eigenvalue weighted by atomic mass is 9.90. The standard InChI is InChI=1S/C28H32N6O/c1-35-26-16-9-8-15-25(26)33-21-19-32(20-22-33)17-10-18-34-28(29-30-31-34)27(23-11-4-2-5-12-23)24-13-6-3-7-14-24/h2-9,11-16,27H,10,17-22H2,1H3. The second kappa shape index (κ2) is 11.1. The second-order valence-electron chi connectivity index (χ2n) is 8.87. The Labute approximate surface area is 206 Å². The summed E-state index contributed by atoms with van der Waals surface area (Å²) in [4.78, 5) is 4.95. The summed E-state index contributed by atoms with van der Waals surface area (Å²) in [7, 11) is 1.74. The van der Waals surface area contributed by atoms with Crippen LogP contribution in [0.15, 0.2) is 84.9 Å². The molecule has 0 unspecified atom stereocenters. The van der Waals surface area contributed by atoms with Gasteiger partial charge in [-0.2, -0.15) is 0 Å². The molecule has 1 aromatic heterocycles. The Hall–Kier alpha value is -3.71. The number of piperazine rings is 1. The minimum absolute atomic E-state index is 0.0109. The highest BCUT2D eigenvalue weighted by atomic mass is 16.5. The third-order valence-electron chi connectivity index (χ3n) is 6.73. The van der Waals surface area contributed by atoms with E-state index in [1.807, 2.05) is 28.9 Å². The summed E-state index contributed by atoms with van der Waals surface area (Å²) in [6.45, 7) is 5.90. The maximum atomic E-state index is 5.55. The van der Waals surface area contributed by atoms with Gasteiger partial charge in [0, 0.05) is 39.3 Å². The van der Waals surface area contributed by atoms with Crippen LogP contribution in [0.5, 0.6) is 5.75 Å². The fourth-order valence-electron chi connectivity index (χ4n) is 4.91. The third-order valence-corrected chi connectivity index (χ3v) is 6.73. The first-order chi connectivity index (χ1) is 17.3. The van der Waals surface area contributed by atoms with E-state index >= 15 is 0 Å². The first-order valence-electron chi connectivity index (χ1n) is 12.3. The van der Waals surface area contributed by atoms with Crippen molar-refractivity contribution in [1.29, 1.82) is 0 Å². The van der Waals surface area contributed by atoms with Gasteiger partial charge in [-0.1, -0.05) is 72.8 Å². The molecule has 5 rings (SSSR count). The number of ether oxygens (including phenoxy) is 1. The molecule has 0 amide bonds. The molecular formula is C28H32N6O. The van der Waals surface area contributed by atoms with E-state index in [1.54, 1.807) is 7.11 Å². The Kier molecular flexibility index (Phi) is 7.34. The Morgan fingerprint density at radius 1 is 0.771 bits per heavy atom. The molecule has 3 aromatic carbocycles. The molecule has 1 saturated heterocycles. The van der Waals surface area contributed by atoms with Crippen molar-refractivity contribution in [2.24, 2.45) is 0 Å². The van der Waals surface area contributed by atoms with Crippen LogP contribution >= 0.6 is 0 Å². The molecule has 7 nitrogen and oxygen atoms in total. The van der Waals surface area contributed by atoms with Gasteiger partial charge in [-0.05, 0) is 40.1 Å². The van der Waals surface area contributed by atoms with E-state index < -0.39 is 0 Å². The molecule has 0 atom stereocenters. The predicted octanol–water partition coefficient (Wildman–Crippen LogP) is 4.07. The van der Waals surface area contributed by atoms with Gasteiger partial charge in [0.25, 0.3) is 0 Å². The van der Waals surface area contributed by atoms with Gasteiger partial charge in [0.1, 0.15) is 5.75 Å². The van der Waals surface area contributed by atoms with Crippen LogP contribution in [-0.4, -0.2) is 64.9 Å². The Morgan fingerprint density at radius 3 is 2.06 bits per heavy atom. The maximum Gasteiger partial charge on any atom is 0.163 e. The lowest BCUT2D eigenvalue weighted by Gasteiger charge is -2.36. The summed E-state index contributed by atoms with van der Waals surface area (Å²) in [5.41, 5.74) is 3.57. The second-order valence-corrected chi connectivity index (χ2v) is 8.87. The molecule has 35 heavy (non-hydrogen) atoms. The highest BCUT2D eigenvalue weighted by Gasteiger charge is 2.24. The average Bonchev–Trinajstić information content (AvgIpc) is 3.38. The van der Waals surface area contributed by atoms with Gasteiger partial charge < -0.3 is 9.64 Å². The van der Waals surface area contributed by atoms with Gasteiger partial charge in [-0.25, -0.2) is 4.68 Å². The third kappa shape index (κ3) is 5.35. The number of aromatic nitrogens is 4. The highest BCUT2D eigenvalue weighted by Crippen LogP contribution is 2.30. The number of para-hydroxylation sites is 2. The summed E-state index contributed by atoms with van der Waals surface area (Å²) in [6.07, 6.45) is 1.00. The van der Waals surface area contributed by atoms with Crippen molar-refractivity contribution in [1.82, 2.24) is 25.1 Å². The van der Waals surface area contributed by atoms with Crippen molar-refractivity contribution in [3.05, 3.63) is 102 Å². The molecule has 1 aliphatic rings. The van der Waals surface area contributed by atoms with Crippen LogP contribution in [0, 0.1) is 0 Å². The van der Waals surface area contributed by atoms with Crippen molar-refractivity contribution in [3.63, 3.8) is 0 Å². The number of nitrogens with zero attached hydrogens (tertiary/aromatic N) is 6. The lowest BCUT2D eigenvalue weighted by Crippen LogP contribution is -2.46. The van der Waals surface area contributed by atoms with Crippen LogP contribution in [0.1, 0.15) is 29.3 Å². The number of anilines is 1. The van der Waals surface area contributed by atoms with Crippen molar-refractivity contribution >= 4 is 5.69 Å². The van der Waals surface area contributed by atoms with Gasteiger partial charge in [0.2, 0.25) is 0 Å². The normalized spacial score (nSPS) is 14.4. The molecule has 0 N–H and O–H groups in total. The van der Waals surface area contributed by atoms with E-state index in [-0.39, 0.29) is 5.92 Å². The first kappa shape index (κ1) is 23.1. The van der Waals surface area contributed by atoms with E-state index in [0.717, 1.165) is 57.3 Å². The highest BCUT2D eigenvalue weighted by molar-refractivity contribution is 5.58. The monoisotopic (exact) mass is 468 g/mol. The van der Waals surface area contributed by atoms with E-state index in [9.17, 15) is 0 Å². The van der Waals surface area contributed by atoms with E-state index in [1.165, 1.54) is 16.8 Å². The minimum atomic E-state index is 0.0109. The fourth-order valence-corrected chi connectivity index (χ4v) is 4.91. The number of rotatable bonds is 9. The first-order valence-corrected chi connectivity index (χ1v) is 12.3. The van der Waals surface area contributed by atoms with Crippen LogP contribution < -0.4 is 9.64 Å². The predicted molar refractivity (Wildman–Crippen MR) is 138 cm³/mol. The van der Waals surface area contributed by atoms with E-state index in [0.29, 0.717) is 0 Å². The molecule has 0 saturated carbocycles. The minimum Gasteiger partial charge on any atom is -0.495 e. The largest absolute Gasteiger partial charge is 0.495 e. The molecular weight excluding hydrogens is 436 g/mol. The van der Waals surface area contributed by atoms with Crippen LogP contribution in [-0.2, 0) is 6.54 Å². The molecule has 1 fully saturated rings. The van der Waals surface area contributed by atoms with E-state index in [2.05, 4.69) is 86.0 Å². The number of methoxy groups -OCH3 is 1. The quantitative estimate of drug-likeness (QED) is 0.369. The van der Waals surface area contributed by atoms with Crippen molar-refractivity contribution in [3.8, 4) is 5.75 Å². The summed E-state index contributed by atoms with van der Waals surface area (Å²) in [6, 6.07) is 29.3. The number of hydrogen-bond donors (Lipinski definition) is 0. The van der Waals surface area contributed by atoms with Crippen LogP contribution in [0.25, 0.3) is 0 Å². The molecule has 1 aliphatic heterocycles. The van der Waals surface area contributed by atoms with Gasteiger partial charge in [-0.15, -0.1) is 5.10 Å². The smallest absolute Gasteiger partial charge is 0.163 e. The molecule has 7 heteroatoms. The summed E-state index contributed by atoms with van der Waals surface area (Å²) in [5, 5.41) is 12.9. The Balaban J connectivity index is 1.21. The summed E-state index contributed by atoms with van der Waals surface area (Å²) < 4.78 is 7.53. The van der Waals surface area contributed by atoms with Crippen LogP contribution in [0.3, 0.4) is 0 Å². The Bertz CT molecular complexity index is 1150. The molecule has 0 radical (unpaired) electrons. The number of hydrogen-bond acceptors (Lipinski definition) is 6. The SMILES string of the molecule is COc1ccccc1N1CCN(CCCn2nnnc2C(c2ccccc2)c2ccccc2)CC1. The maximum absolute atomic E-state index is 5.55. The van der Waals surface area contributed by atoms with Crippen LogP contribution in [0.2, 0.25) is 0 Å². The van der Waals surface area contributed by atoms with Gasteiger partial charge in [0.05, 0.1) is 18.7 Å². The summed E-state index contributed by atoms with van der Waals surface area (Å²) in [5.74, 6) is 1.85. The van der Waals surface area contributed by atoms with E-state index in [4.69, 9.17) is 4.74 Å². The van der Waals surface area contributed by atoms with Gasteiger partial charge in [-0.3, -0.25) is 4.90 Å². The Morgan fingerprint density at radius 2 is 1.40 bits per heavy atom. The zero-order valence-electron chi connectivity index (χ0n) is 20.2. The van der Waals surface area contributed by atoms with Gasteiger partial charge in [0.15, 0.2) is 5.82 Å². The molecule has 180 valence electrons. The lowest BCUT2D eigenvalue weighted by molar-refractivity contribution is 0.247. The molecule has 0 aliphatic carbocycles. The van der Waals surface area contributed by atoms with Gasteiger partial charge >= 0.3 is 0 Å². The number of aryl methyl sites for hydroxylation is 1. The van der Waals surface area contributed by atoms with Crippen molar-refractivity contribution in [2.75, 3.05) is 44.7 Å². The fraction of sp³-hybridized carbons (Fsp3) is 0.321. The zero-order chi connectivity index (χ0) is 23.9. The topological polar surface area (TPSA) is 59.3 Å². The molecule has 0 spiro atoms.